The highest BCUT2D eigenvalue weighted by Gasteiger charge is 2.01. The third-order valence-electron chi connectivity index (χ3n) is 2.84. The van der Waals surface area contributed by atoms with Gasteiger partial charge in [0.05, 0.1) is 0 Å². The third kappa shape index (κ3) is 12.6. The number of hydrogen-bond acceptors (Lipinski definition) is 4. The minimum atomic E-state index is 1.19. The molecule has 0 aromatic heterocycles. The highest BCUT2D eigenvalue weighted by Crippen LogP contribution is 2.30. The number of unbranched alkanes of at least 4 members (excludes halogenated alkanes) is 2. The molecular weight excluding hydrogens is 320 g/mol. The second kappa shape index (κ2) is 16.3. The van der Waals surface area contributed by atoms with Crippen LogP contribution in [0.5, 0.6) is 0 Å². The largest absolute Gasteiger partial charge is 0.138 e. The molecule has 4 heteroatoms. The Morgan fingerprint density at radius 3 is 1.45 bits per heavy atom. The minimum absolute atomic E-state index is 1.19. The summed E-state index contributed by atoms with van der Waals surface area (Å²) in [4.78, 5) is 0. The number of thioether (sulfide) groups is 2. The van der Waals surface area contributed by atoms with E-state index in [1.807, 2.05) is 45.1 Å². The van der Waals surface area contributed by atoms with Crippen LogP contribution in [0.3, 0.4) is 0 Å². The Kier molecular flexibility index (Phi) is 17.0. The van der Waals surface area contributed by atoms with Crippen LogP contribution in [-0.4, -0.2) is 24.0 Å². The zero-order valence-corrected chi connectivity index (χ0v) is 16.7. The van der Waals surface area contributed by atoms with Crippen molar-refractivity contribution in [2.24, 2.45) is 0 Å². The maximum atomic E-state index is 2.35. The summed E-state index contributed by atoms with van der Waals surface area (Å²) in [5.41, 5.74) is 3.22. The van der Waals surface area contributed by atoms with Crippen molar-refractivity contribution in [3.8, 4) is 0 Å². The highest BCUT2D eigenvalue weighted by molar-refractivity contribution is 8.76. The lowest BCUT2D eigenvalue weighted by Gasteiger charge is -2.08. The first-order valence-electron chi connectivity index (χ1n) is 7.44. The van der Waals surface area contributed by atoms with Crippen LogP contribution >= 0.6 is 45.1 Å². The normalized spacial score (nSPS) is 13.0. The van der Waals surface area contributed by atoms with Gasteiger partial charge in [-0.05, 0) is 49.0 Å². The molecule has 0 saturated heterocycles. The average molecular weight is 351 g/mol. The molecule has 0 rings (SSSR count). The summed E-state index contributed by atoms with van der Waals surface area (Å²) in [5, 5.41) is 4.69. The fourth-order valence-corrected chi connectivity index (χ4v) is 5.32. The van der Waals surface area contributed by atoms with Gasteiger partial charge in [-0.3, -0.25) is 0 Å². The Morgan fingerprint density at radius 2 is 1.15 bits per heavy atom. The van der Waals surface area contributed by atoms with Crippen molar-refractivity contribution >= 4 is 45.1 Å². The summed E-state index contributed by atoms with van der Waals surface area (Å²) in [7, 11) is 4.05. The molecule has 0 nitrogen and oxygen atoms in total. The van der Waals surface area contributed by atoms with E-state index < -0.39 is 0 Å². The maximum Gasteiger partial charge on any atom is 0.0255 e. The molecule has 0 N–H and O–H groups in total. The summed E-state index contributed by atoms with van der Waals surface area (Å²) >= 11 is 3.69. The molecule has 0 spiro atoms. The lowest BCUT2D eigenvalue weighted by molar-refractivity contribution is 0.790. The Balaban J connectivity index is 3.94. The summed E-state index contributed by atoms with van der Waals surface area (Å²) in [6.45, 7) is 4.54. The molecule has 20 heavy (non-hydrogen) atoms. The van der Waals surface area contributed by atoms with Crippen LogP contribution in [0.4, 0.5) is 0 Å². The Bertz CT molecular complexity index is 244. The van der Waals surface area contributed by atoms with Crippen molar-refractivity contribution in [3.63, 3.8) is 0 Å². The molecule has 0 saturated carbocycles. The van der Waals surface area contributed by atoms with Gasteiger partial charge in [-0.25, -0.2) is 0 Å². The lowest BCUT2D eigenvalue weighted by atomic mass is 10.1. The number of hydrogen-bond donors (Lipinski definition) is 0. The standard InChI is InChI=1S/C16H30S4/c1-5-7-9-15(11-17-3)13-19-20-14-16(12-18-4)10-8-6-2/h11-12H,5-10,13-14H2,1-4H3/b15-11-,16-12-. The van der Waals surface area contributed by atoms with Crippen LogP contribution in [0.15, 0.2) is 22.0 Å². The minimum Gasteiger partial charge on any atom is -0.138 e. The van der Waals surface area contributed by atoms with Gasteiger partial charge in [0.25, 0.3) is 0 Å². The second-order valence-electron chi connectivity index (χ2n) is 4.76. The molecule has 0 bridgehead atoms. The fourth-order valence-electron chi connectivity index (χ4n) is 1.71. The van der Waals surface area contributed by atoms with Crippen LogP contribution < -0.4 is 0 Å². The first kappa shape index (κ1) is 20.9. The van der Waals surface area contributed by atoms with Crippen molar-refractivity contribution in [2.45, 2.75) is 52.4 Å². The molecule has 0 aliphatic carbocycles. The van der Waals surface area contributed by atoms with Gasteiger partial charge in [-0.1, -0.05) is 59.4 Å². The van der Waals surface area contributed by atoms with Crippen LogP contribution in [0, 0.1) is 0 Å². The van der Waals surface area contributed by atoms with E-state index in [1.165, 1.54) is 50.0 Å². The van der Waals surface area contributed by atoms with E-state index in [0.29, 0.717) is 0 Å². The highest BCUT2D eigenvalue weighted by atomic mass is 33.1. The third-order valence-corrected chi connectivity index (χ3v) is 6.33. The van der Waals surface area contributed by atoms with Crippen molar-refractivity contribution in [2.75, 3.05) is 24.0 Å². The van der Waals surface area contributed by atoms with E-state index in [4.69, 9.17) is 0 Å². The van der Waals surface area contributed by atoms with Gasteiger partial charge in [0.2, 0.25) is 0 Å². The monoisotopic (exact) mass is 350 g/mol. The molecule has 0 unspecified atom stereocenters. The van der Waals surface area contributed by atoms with E-state index in [1.54, 1.807) is 11.1 Å². The quantitative estimate of drug-likeness (QED) is 0.253. The predicted octanol–water partition coefficient (Wildman–Crippen LogP) is 7.24. The molecule has 0 aliphatic heterocycles. The van der Waals surface area contributed by atoms with Gasteiger partial charge in [-0.15, -0.1) is 23.5 Å². The van der Waals surface area contributed by atoms with E-state index in [-0.39, 0.29) is 0 Å². The van der Waals surface area contributed by atoms with Crippen LogP contribution in [0.25, 0.3) is 0 Å². The molecule has 0 aliphatic rings. The van der Waals surface area contributed by atoms with Crippen molar-refractivity contribution in [1.29, 1.82) is 0 Å². The summed E-state index contributed by atoms with van der Waals surface area (Å²) < 4.78 is 0. The Morgan fingerprint density at radius 1 is 0.750 bits per heavy atom. The first-order chi connectivity index (χ1) is 9.78. The van der Waals surface area contributed by atoms with Gasteiger partial charge in [0, 0.05) is 11.5 Å². The van der Waals surface area contributed by atoms with E-state index in [0.717, 1.165) is 0 Å². The summed E-state index contributed by atoms with van der Waals surface area (Å²) in [6, 6.07) is 0. The second-order valence-corrected chi connectivity index (χ2v) is 8.63. The summed E-state index contributed by atoms with van der Waals surface area (Å²) in [5.74, 6) is 2.37. The van der Waals surface area contributed by atoms with E-state index >= 15 is 0 Å². The van der Waals surface area contributed by atoms with Gasteiger partial charge in [-0.2, -0.15) is 0 Å². The van der Waals surface area contributed by atoms with Gasteiger partial charge in [0.1, 0.15) is 0 Å². The molecule has 118 valence electrons. The molecule has 0 heterocycles. The van der Waals surface area contributed by atoms with Gasteiger partial charge in [0.15, 0.2) is 0 Å². The molecule has 0 amide bonds. The van der Waals surface area contributed by atoms with Crippen LogP contribution in [0.1, 0.15) is 52.4 Å². The molecular formula is C16H30S4. The molecule has 0 atom stereocenters. The zero-order chi connectivity index (χ0) is 15.1. The molecule has 0 aromatic carbocycles. The maximum absolute atomic E-state index is 2.35. The molecule has 0 fully saturated rings. The average Bonchev–Trinajstić information content (AvgIpc) is 2.46. The fraction of sp³-hybridized carbons (Fsp3) is 0.750. The SMILES string of the molecule is CCCC/C(=C/SC)CSSC/C(=C\SC)CCCC. The van der Waals surface area contributed by atoms with Gasteiger partial charge < -0.3 is 0 Å². The van der Waals surface area contributed by atoms with Crippen molar-refractivity contribution in [3.05, 3.63) is 22.0 Å². The predicted molar refractivity (Wildman–Crippen MR) is 107 cm³/mol. The molecule has 0 radical (unpaired) electrons. The molecule has 0 aromatic rings. The first-order valence-corrected chi connectivity index (χ1v) is 12.5. The van der Waals surface area contributed by atoms with Crippen LogP contribution in [0.2, 0.25) is 0 Å². The van der Waals surface area contributed by atoms with E-state index in [9.17, 15) is 0 Å². The topological polar surface area (TPSA) is 0 Å². The smallest absolute Gasteiger partial charge is 0.0255 e. The summed E-state index contributed by atoms with van der Waals surface area (Å²) in [6.07, 6.45) is 12.1. The van der Waals surface area contributed by atoms with E-state index in [2.05, 4.69) is 37.2 Å². The zero-order valence-electron chi connectivity index (χ0n) is 13.4. The van der Waals surface area contributed by atoms with Crippen LogP contribution in [-0.2, 0) is 0 Å². The van der Waals surface area contributed by atoms with Gasteiger partial charge >= 0.3 is 0 Å². The van der Waals surface area contributed by atoms with Crippen molar-refractivity contribution in [1.82, 2.24) is 0 Å². The van der Waals surface area contributed by atoms with Crippen molar-refractivity contribution < 1.29 is 0 Å². The lowest BCUT2D eigenvalue weighted by Crippen LogP contribution is -1.89. The number of rotatable bonds is 13. The Labute approximate surface area is 143 Å². The Hall–Kier alpha value is 0.880.